The van der Waals surface area contributed by atoms with Crippen LogP contribution in [-0.4, -0.2) is 71.8 Å². The van der Waals surface area contributed by atoms with Gasteiger partial charge in [0.1, 0.15) is 6.04 Å². The number of carbonyl (C=O) groups is 2. The number of hydrogen-bond donors (Lipinski definition) is 1. The summed E-state index contributed by atoms with van der Waals surface area (Å²) in [5.41, 5.74) is 1.41. The van der Waals surface area contributed by atoms with E-state index in [1.54, 1.807) is 35.2 Å². The second-order valence-corrected chi connectivity index (χ2v) is 13.5. The fourth-order valence-corrected chi connectivity index (χ4v) is 8.41. The summed E-state index contributed by atoms with van der Waals surface area (Å²) < 4.78 is 31.0. The third kappa shape index (κ3) is 4.74. The lowest BCUT2D eigenvalue weighted by Gasteiger charge is -2.43. The van der Waals surface area contributed by atoms with Crippen LogP contribution in [0.2, 0.25) is 5.02 Å². The second kappa shape index (κ2) is 9.74. The van der Waals surface area contributed by atoms with Gasteiger partial charge in [0.15, 0.2) is 0 Å². The Hall–Kier alpha value is -2.80. The SMILES string of the molecule is O=C(CN1CCC[C@H](NS(=O)(=O)c2nc3cc(Cl)ccc3s2)C1=O)N1CC2C[C@@H](C1)Cn1c2cccc1=O. The number of likely N-dealkylation sites (tertiary alicyclic amines) is 2. The predicted molar refractivity (Wildman–Crippen MR) is 143 cm³/mol. The van der Waals surface area contributed by atoms with E-state index in [2.05, 4.69) is 9.71 Å². The highest BCUT2D eigenvalue weighted by Gasteiger charge is 2.39. The zero-order valence-corrected chi connectivity index (χ0v) is 22.8. The molecule has 0 radical (unpaired) electrons. The minimum atomic E-state index is -4.04. The summed E-state index contributed by atoms with van der Waals surface area (Å²) in [5, 5.41) is 0.456. The zero-order valence-electron chi connectivity index (χ0n) is 20.4. The Balaban J connectivity index is 1.13. The number of benzene rings is 1. The van der Waals surface area contributed by atoms with Crippen LogP contribution in [0.1, 0.15) is 30.9 Å². The summed E-state index contributed by atoms with van der Waals surface area (Å²) >= 11 is 7.00. The minimum absolute atomic E-state index is 0.0148. The van der Waals surface area contributed by atoms with Crippen LogP contribution in [0.15, 0.2) is 45.5 Å². The molecule has 3 aromatic rings. The maximum Gasteiger partial charge on any atom is 0.268 e. The number of sulfonamides is 1. The molecule has 0 saturated carbocycles. The molecule has 3 atom stereocenters. The Morgan fingerprint density at radius 3 is 2.84 bits per heavy atom. The molecule has 2 aromatic heterocycles. The van der Waals surface area contributed by atoms with Gasteiger partial charge in [-0.25, -0.2) is 13.4 Å². The van der Waals surface area contributed by atoms with Crippen molar-refractivity contribution in [2.24, 2.45) is 5.92 Å². The van der Waals surface area contributed by atoms with Gasteiger partial charge in [-0.15, -0.1) is 11.3 Å². The smallest absolute Gasteiger partial charge is 0.268 e. The van der Waals surface area contributed by atoms with Crippen LogP contribution < -0.4 is 10.3 Å². The molecule has 1 aromatic carbocycles. The normalized spacial score (nSPS) is 23.5. The van der Waals surface area contributed by atoms with Crippen LogP contribution in [0.5, 0.6) is 0 Å². The van der Waals surface area contributed by atoms with E-state index in [0.717, 1.165) is 23.5 Å². The van der Waals surface area contributed by atoms with Crippen molar-refractivity contribution in [2.75, 3.05) is 26.2 Å². The molecule has 2 bridgehead atoms. The van der Waals surface area contributed by atoms with Gasteiger partial charge in [0, 0.05) is 48.9 Å². The predicted octanol–water partition coefficient (Wildman–Crippen LogP) is 2.03. The summed E-state index contributed by atoms with van der Waals surface area (Å²) in [4.78, 5) is 46.2. The third-order valence-corrected chi connectivity index (χ3v) is 10.7. The van der Waals surface area contributed by atoms with Crippen molar-refractivity contribution in [1.29, 1.82) is 0 Å². The monoisotopic (exact) mass is 575 g/mol. The molecule has 3 aliphatic rings. The van der Waals surface area contributed by atoms with Gasteiger partial charge in [0.25, 0.3) is 15.6 Å². The quantitative estimate of drug-likeness (QED) is 0.497. The number of pyridine rings is 1. The maximum atomic E-state index is 13.3. The van der Waals surface area contributed by atoms with Crippen LogP contribution in [0, 0.1) is 5.92 Å². The average Bonchev–Trinajstić information content (AvgIpc) is 3.31. The van der Waals surface area contributed by atoms with Gasteiger partial charge in [-0.3, -0.25) is 14.4 Å². The molecular weight excluding hydrogens is 550 g/mol. The van der Waals surface area contributed by atoms with E-state index in [0.29, 0.717) is 54.3 Å². The van der Waals surface area contributed by atoms with Crippen LogP contribution in [-0.2, 0) is 26.2 Å². The number of rotatable bonds is 5. The lowest BCUT2D eigenvalue weighted by molar-refractivity contribution is -0.144. The Bertz CT molecular complexity index is 1600. The molecule has 0 spiro atoms. The fraction of sp³-hybridized carbons (Fsp3) is 0.440. The number of nitrogens with one attached hydrogen (secondary N) is 1. The Morgan fingerprint density at radius 2 is 2.00 bits per heavy atom. The molecule has 200 valence electrons. The molecule has 1 N–H and O–H groups in total. The van der Waals surface area contributed by atoms with Gasteiger partial charge in [-0.1, -0.05) is 17.7 Å². The van der Waals surface area contributed by atoms with Crippen molar-refractivity contribution in [1.82, 2.24) is 24.1 Å². The lowest BCUT2D eigenvalue weighted by atomic mass is 9.83. The van der Waals surface area contributed by atoms with Crippen LogP contribution in [0.25, 0.3) is 10.2 Å². The number of amides is 2. The standard InChI is InChI=1S/C25H26ClN5O5S2/c26-17-6-7-21-19(10-17)27-25(37-21)38(35,36)28-18-3-2-8-29(24(18)34)14-23(33)30-11-15-9-16(13-30)20-4-1-5-22(32)31(20)12-15/h1,4-7,10,15-16,18,28H,2-3,8-9,11-14H2/t15-,16?,18-/m0/s1. The molecule has 2 fully saturated rings. The summed E-state index contributed by atoms with van der Waals surface area (Å²) in [6, 6.07) is 9.27. The molecule has 2 saturated heterocycles. The van der Waals surface area contributed by atoms with E-state index in [1.165, 1.54) is 4.90 Å². The van der Waals surface area contributed by atoms with E-state index in [4.69, 9.17) is 11.6 Å². The number of piperidine rings is 2. The topological polar surface area (TPSA) is 122 Å². The van der Waals surface area contributed by atoms with Crippen molar-refractivity contribution < 1.29 is 18.0 Å². The molecule has 6 rings (SSSR count). The van der Waals surface area contributed by atoms with Crippen molar-refractivity contribution in [3.8, 4) is 0 Å². The zero-order chi connectivity index (χ0) is 26.6. The highest BCUT2D eigenvalue weighted by Crippen LogP contribution is 2.35. The van der Waals surface area contributed by atoms with Gasteiger partial charge in [-0.05, 0) is 49.4 Å². The molecule has 3 aliphatic heterocycles. The maximum absolute atomic E-state index is 13.3. The molecule has 5 heterocycles. The largest absolute Gasteiger partial charge is 0.340 e. The Kier molecular flexibility index (Phi) is 6.53. The summed E-state index contributed by atoms with van der Waals surface area (Å²) in [5.74, 6) is -0.302. The van der Waals surface area contributed by atoms with Crippen molar-refractivity contribution in [3.63, 3.8) is 0 Å². The molecule has 38 heavy (non-hydrogen) atoms. The average molecular weight is 576 g/mol. The number of carbonyl (C=O) groups excluding carboxylic acids is 2. The molecular formula is C25H26ClN5O5S2. The molecule has 10 nitrogen and oxygen atoms in total. The van der Waals surface area contributed by atoms with Crippen LogP contribution in [0.4, 0.5) is 0 Å². The first-order valence-electron chi connectivity index (χ1n) is 12.5. The number of halogens is 1. The van der Waals surface area contributed by atoms with E-state index < -0.39 is 22.0 Å². The van der Waals surface area contributed by atoms with E-state index >= 15 is 0 Å². The van der Waals surface area contributed by atoms with Gasteiger partial charge in [-0.2, -0.15) is 4.72 Å². The van der Waals surface area contributed by atoms with Crippen molar-refractivity contribution >= 4 is 55.0 Å². The summed E-state index contributed by atoms with van der Waals surface area (Å²) in [7, 11) is -4.04. The van der Waals surface area contributed by atoms with Crippen LogP contribution >= 0.6 is 22.9 Å². The molecule has 0 aliphatic carbocycles. The molecule has 13 heteroatoms. The number of fused-ring (bicyclic) bond motifs is 5. The van der Waals surface area contributed by atoms with Gasteiger partial charge in [0.05, 0.1) is 16.8 Å². The first-order valence-corrected chi connectivity index (χ1v) is 15.2. The fourth-order valence-electron chi connectivity index (χ4n) is 5.80. The lowest BCUT2D eigenvalue weighted by Crippen LogP contribution is -2.56. The highest BCUT2D eigenvalue weighted by atomic mass is 35.5. The first-order chi connectivity index (χ1) is 18.2. The summed E-state index contributed by atoms with van der Waals surface area (Å²) in [6.45, 7) is 1.91. The second-order valence-electron chi connectivity index (χ2n) is 10.2. The van der Waals surface area contributed by atoms with Gasteiger partial charge < -0.3 is 14.4 Å². The van der Waals surface area contributed by atoms with Gasteiger partial charge in [0.2, 0.25) is 16.2 Å². The van der Waals surface area contributed by atoms with Crippen LogP contribution in [0.3, 0.4) is 0 Å². The van der Waals surface area contributed by atoms with Crippen molar-refractivity contribution in [3.05, 3.63) is 57.5 Å². The van der Waals surface area contributed by atoms with Gasteiger partial charge >= 0.3 is 0 Å². The highest BCUT2D eigenvalue weighted by molar-refractivity contribution is 7.91. The van der Waals surface area contributed by atoms with E-state index in [1.807, 2.05) is 10.6 Å². The number of hydrogen-bond acceptors (Lipinski definition) is 7. The third-order valence-electron chi connectivity index (χ3n) is 7.55. The summed E-state index contributed by atoms with van der Waals surface area (Å²) in [6.07, 6.45) is 1.85. The molecule has 1 unspecified atom stereocenters. The number of aromatic nitrogens is 2. The number of nitrogens with zero attached hydrogens (tertiary/aromatic N) is 4. The van der Waals surface area contributed by atoms with E-state index in [9.17, 15) is 22.8 Å². The molecule has 2 amide bonds. The minimum Gasteiger partial charge on any atom is -0.340 e. The Morgan fingerprint density at radius 1 is 1.16 bits per heavy atom. The Labute approximate surface area is 228 Å². The van der Waals surface area contributed by atoms with Crippen molar-refractivity contribution in [2.45, 2.75) is 42.1 Å². The first kappa shape index (κ1) is 25.5. The number of thiazole rings is 1. The van der Waals surface area contributed by atoms with E-state index in [-0.39, 0.29) is 34.2 Å².